The van der Waals surface area contributed by atoms with Crippen molar-refractivity contribution >= 4 is 0 Å². The van der Waals surface area contributed by atoms with Crippen LogP contribution in [0.15, 0.2) is 54.6 Å². The van der Waals surface area contributed by atoms with Gasteiger partial charge < -0.3 is 10.5 Å². The highest BCUT2D eigenvalue weighted by Gasteiger charge is 2.07. The third kappa shape index (κ3) is 4.11. The van der Waals surface area contributed by atoms with Crippen molar-refractivity contribution in [3.05, 3.63) is 54.6 Å². The van der Waals surface area contributed by atoms with Gasteiger partial charge in [0.15, 0.2) is 0 Å². The largest absolute Gasteiger partial charge is 0.491 e. The van der Waals surface area contributed by atoms with E-state index in [1.165, 1.54) is 11.1 Å². The van der Waals surface area contributed by atoms with E-state index >= 15 is 0 Å². The van der Waals surface area contributed by atoms with Gasteiger partial charge in [-0.3, -0.25) is 0 Å². The molecule has 100 valence electrons. The quantitative estimate of drug-likeness (QED) is 0.880. The monoisotopic (exact) mass is 255 g/mol. The highest BCUT2D eigenvalue weighted by molar-refractivity contribution is 5.63. The maximum Gasteiger partial charge on any atom is 0.119 e. The summed E-state index contributed by atoms with van der Waals surface area (Å²) in [5.41, 5.74) is 8.19. The number of benzene rings is 2. The van der Waals surface area contributed by atoms with Gasteiger partial charge >= 0.3 is 0 Å². The molecule has 2 N–H and O–H groups in total. The second kappa shape index (κ2) is 6.39. The maximum absolute atomic E-state index is 5.84. The standard InChI is InChI=1S/C17H21NO/c1-13(18)12-14(2)19-17-10-8-16(9-11-17)15-6-4-3-5-7-15/h3-11,13-14H,12,18H2,1-2H3. The van der Waals surface area contributed by atoms with Crippen LogP contribution in [0, 0.1) is 0 Å². The Bertz CT molecular complexity index is 490. The van der Waals surface area contributed by atoms with Gasteiger partial charge in [-0.1, -0.05) is 42.5 Å². The van der Waals surface area contributed by atoms with Crippen molar-refractivity contribution in [3.63, 3.8) is 0 Å². The molecule has 0 aromatic heterocycles. The summed E-state index contributed by atoms with van der Waals surface area (Å²) in [5.74, 6) is 0.896. The molecule has 0 bridgehead atoms. The molecular weight excluding hydrogens is 234 g/mol. The average Bonchev–Trinajstić information content (AvgIpc) is 2.39. The molecule has 2 rings (SSSR count). The van der Waals surface area contributed by atoms with Crippen molar-refractivity contribution in [2.75, 3.05) is 0 Å². The van der Waals surface area contributed by atoms with Crippen LogP contribution in [0.5, 0.6) is 5.75 Å². The van der Waals surface area contributed by atoms with E-state index in [1.807, 2.05) is 37.3 Å². The molecule has 2 nitrogen and oxygen atoms in total. The predicted octanol–water partition coefficient (Wildman–Crippen LogP) is 3.86. The first kappa shape index (κ1) is 13.6. The van der Waals surface area contributed by atoms with Crippen LogP contribution in [0.2, 0.25) is 0 Å². The van der Waals surface area contributed by atoms with Crippen molar-refractivity contribution in [1.82, 2.24) is 0 Å². The molecular formula is C17H21NO. The van der Waals surface area contributed by atoms with Crippen molar-refractivity contribution in [2.45, 2.75) is 32.4 Å². The van der Waals surface area contributed by atoms with E-state index in [1.54, 1.807) is 0 Å². The number of ether oxygens (including phenoxy) is 1. The predicted molar refractivity (Wildman–Crippen MR) is 80.2 cm³/mol. The van der Waals surface area contributed by atoms with E-state index in [-0.39, 0.29) is 12.1 Å². The molecule has 19 heavy (non-hydrogen) atoms. The lowest BCUT2D eigenvalue weighted by atomic mass is 10.1. The van der Waals surface area contributed by atoms with Gasteiger partial charge in [-0.2, -0.15) is 0 Å². The summed E-state index contributed by atoms with van der Waals surface area (Å²) in [5, 5.41) is 0. The van der Waals surface area contributed by atoms with Crippen LogP contribution in [0.4, 0.5) is 0 Å². The molecule has 0 aliphatic heterocycles. The zero-order valence-corrected chi connectivity index (χ0v) is 11.5. The Balaban J connectivity index is 2.03. The second-order valence-corrected chi connectivity index (χ2v) is 5.03. The van der Waals surface area contributed by atoms with Crippen LogP contribution in [-0.2, 0) is 0 Å². The summed E-state index contributed by atoms with van der Waals surface area (Å²) in [6.45, 7) is 4.05. The summed E-state index contributed by atoms with van der Waals surface area (Å²) >= 11 is 0. The lowest BCUT2D eigenvalue weighted by Crippen LogP contribution is -2.24. The molecule has 0 spiro atoms. The van der Waals surface area contributed by atoms with Crippen molar-refractivity contribution in [1.29, 1.82) is 0 Å². The molecule has 0 radical (unpaired) electrons. The minimum Gasteiger partial charge on any atom is -0.491 e. The van der Waals surface area contributed by atoms with Gasteiger partial charge in [-0.25, -0.2) is 0 Å². The van der Waals surface area contributed by atoms with Crippen LogP contribution >= 0.6 is 0 Å². The lowest BCUT2D eigenvalue weighted by Gasteiger charge is -2.16. The zero-order chi connectivity index (χ0) is 13.7. The molecule has 0 saturated carbocycles. The van der Waals surface area contributed by atoms with Crippen LogP contribution in [0.1, 0.15) is 20.3 Å². The highest BCUT2D eigenvalue weighted by Crippen LogP contribution is 2.22. The Morgan fingerprint density at radius 3 is 2.05 bits per heavy atom. The number of hydrogen-bond donors (Lipinski definition) is 1. The molecule has 2 atom stereocenters. The zero-order valence-electron chi connectivity index (χ0n) is 11.5. The molecule has 0 aliphatic rings. The smallest absolute Gasteiger partial charge is 0.119 e. The van der Waals surface area contributed by atoms with Gasteiger partial charge in [0.2, 0.25) is 0 Å². The van der Waals surface area contributed by atoms with Crippen molar-refractivity contribution in [3.8, 4) is 16.9 Å². The van der Waals surface area contributed by atoms with Gasteiger partial charge in [0.1, 0.15) is 5.75 Å². The Morgan fingerprint density at radius 2 is 1.47 bits per heavy atom. The maximum atomic E-state index is 5.84. The lowest BCUT2D eigenvalue weighted by molar-refractivity contribution is 0.203. The van der Waals surface area contributed by atoms with Crippen LogP contribution in [0.3, 0.4) is 0 Å². The topological polar surface area (TPSA) is 35.2 Å². The molecule has 2 unspecified atom stereocenters. The second-order valence-electron chi connectivity index (χ2n) is 5.03. The third-order valence-corrected chi connectivity index (χ3v) is 3.00. The SMILES string of the molecule is CC(N)CC(C)Oc1ccc(-c2ccccc2)cc1. The Kier molecular flexibility index (Phi) is 4.58. The van der Waals surface area contributed by atoms with E-state index in [4.69, 9.17) is 10.5 Å². The fourth-order valence-corrected chi connectivity index (χ4v) is 2.16. The molecule has 0 amide bonds. The number of hydrogen-bond acceptors (Lipinski definition) is 2. The van der Waals surface area contributed by atoms with E-state index in [0.717, 1.165) is 12.2 Å². The summed E-state index contributed by atoms with van der Waals surface area (Å²) in [4.78, 5) is 0. The first-order valence-electron chi connectivity index (χ1n) is 6.73. The fourth-order valence-electron chi connectivity index (χ4n) is 2.16. The summed E-state index contributed by atoms with van der Waals surface area (Å²) in [6.07, 6.45) is 1.00. The molecule has 2 aromatic rings. The molecule has 0 saturated heterocycles. The summed E-state index contributed by atoms with van der Waals surface area (Å²) in [7, 11) is 0. The van der Waals surface area contributed by atoms with Gasteiger partial charge in [-0.05, 0) is 43.5 Å². The van der Waals surface area contributed by atoms with E-state index in [0.29, 0.717) is 0 Å². The normalized spacial score (nSPS) is 13.8. The van der Waals surface area contributed by atoms with Gasteiger partial charge in [0.25, 0.3) is 0 Å². The van der Waals surface area contributed by atoms with Gasteiger partial charge in [0, 0.05) is 6.04 Å². The molecule has 0 heterocycles. The average molecular weight is 255 g/mol. The van der Waals surface area contributed by atoms with Crippen LogP contribution < -0.4 is 10.5 Å². The van der Waals surface area contributed by atoms with Crippen LogP contribution in [-0.4, -0.2) is 12.1 Å². The summed E-state index contributed by atoms with van der Waals surface area (Å²) in [6, 6.07) is 18.7. The van der Waals surface area contributed by atoms with Gasteiger partial charge in [-0.15, -0.1) is 0 Å². The fraction of sp³-hybridized carbons (Fsp3) is 0.294. The van der Waals surface area contributed by atoms with Crippen LogP contribution in [0.25, 0.3) is 11.1 Å². The van der Waals surface area contributed by atoms with Crippen molar-refractivity contribution < 1.29 is 4.74 Å². The minimum absolute atomic E-state index is 0.141. The first-order valence-corrected chi connectivity index (χ1v) is 6.73. The third-order valence-electron chi connectivity index (χ3n) is 3.00. The van der Waals surface area contributed by atoms with E-state index < -0.39 is 0 Å². The number of nitrogens with two attached hydrogens (primary N) is 1. The van der Waals surface area contributed by atoms with E-state index in [9.17, 15) is 0 Å². The van der Waals surface area contributed by atoms with E-state index in [2.05, 4.69) is 31.2 Å². The Labute approximate surface area is 115 Å². The summed E-state index contributed by atoms with van der Waals surface area (Å²) < 4.78 is 5.84. The first-order chi connectivity index (χ1) is 9.15. The molecule has 0 fully saturated rings. The number of rotatable bonds is 5. The Hall–Kier alpha value is -1.80. The van der Waals surface area contributed by atoms with Gasteiger partial charge in [0.05, 0.1) is 6.10 Å². The minimum atomic E-state index is 0.141. The van der Waals surface area contributed by atoms with Crippen molar-refractivity contribution in [2.24, 2.45) is 5.73 Å². The molecule has 2 heteroatoms. The molecule has 0 aliphatic carbocycles. The Morgan fingerprint density at radius 1 is 0.895 bits per heavy atom. The highest BCUT2D eigenvalue weighted by atomic mass is 16.5. The molecule has 2 aromatic carbocycles.